The molecule has 0 radical (unpaired) electrons. The average molecular weight is 271 g/mol. The van der Waals surface area contributed by atoms with Gasteiger partial charge in [0, 0.05) is 12.7 Å². The molecule has 1 aliphatic carbocycles. The highest BCUT2D eigenvalue weighted by atomic mass is 16.5. The molecule has 1 aliphatic rings. The molecule has 2 atom stereocenters. The van der Waals surface area contributed by atoms with E-state index in [2.05, 4.69) is 23.0 Å². The minimum atomic E-state index is -0.457. The highest BCUT2D eigenvalue weighted by Crippen LogP contribution is 2.48. The first-order chi connectivity index (χ1) is 9.74. The third-order valence-corrected chi connectivity index (χ3v) is 4.63. The zero-order valence-electron chi connectivity index (χ0n) is 12.0. The summed E-state index contributed by atoms with van der Waals surface area (Å²) in [6, 6.07) is 6.19. The van der Waals surface area contributed by atoms with Crippen molar-refractivity contribution in [3.63, 3.8) is 0 Å². The van der Waals surface area contributed by atoms with Crippen LogP contribution >= 0.6 is 0 Å². The van der Waals surface area contributed by atoms with Crippen molar-refractivity contribution in [2.24, 2.45) is 11.7 Å². The number of aromatic amines is 1. The Morgan fingerprint density at radius 2 is 2.35 bits per heavy atom. The fourth-order valence-corrected chi connectivity index (χ4v) is 3.66. The smallest absolute Gasteiger partial charge is 0.120 e. The minimum absolute atomic E-state index is 0.373. The van der Waals surface area contributed by atoms with Crippen molar-refractivity contribution < 1.29 is 4.74 Å². The normalized spacial score (nSPS) is 29.1. The molecule has 20 heavy (non-hydrogen) atoms. The Labute approximate surface area is 119 Å². The largest absolute Gasteiger partial charge is 0.405 e. The second-order valence-corrected chi connectivity index (χ2v) is 5.53. The van der Waals surface area contributed by atoms with Gasteiger partial charge in [0.25, 0.3) is 0 Å². The van der Waals surface area contributed by atoms with E-state index < -0.39 is 5.60 Å². The first-order valence-electron chi connectivity index (χ1n) is 7.13. The third kappa shape index (κ3) is 1.68. The minimum Gasteiger partial charge on any atom is -0.405 e. The van der Waals surface area contributed by atoms with Crippen LogP contribution in [-0.4, -0.2) is 17.1 Å². The third-order valence-electron chi connectivity index (χ3n) is 4.63. The molecule has 1 saturated carbocycles. The van der Waals surface area contributed by atoms with E-state index in [-0.39, 0.29) is 0 Å². The molecule has 3 N–H and O–H groups in total. The highest BCUT2D eigenvalue weighted by Gasteiger charge is 2.45. The predicted octanol–water partition coefficient (Wildman–Crippen LogP) is 3.07. The number of fused-ring (bicyclic) bond motifs is 1. The van der Waals surface area contributed by atoms with Crippen molar-refractivity contribution in [1.82, 2.24) is 9.97 Å². The van der Waals surface area contributed by atoms with E-state index in [1.165, 1.54) is 0 Å². The molecule has 4 heteroatoms. The number of hydrogen-bond donors (Lipinski definition) is 2. The summed E-state index contributed by atoms with van der Waals surface area (Å²) in [6.07, 6.45) is 6.73. The number of ether oxygens (including phenoxy) is 1. The van der Waals surface area contributed by atoms with Crippen LogP contribution in [0.5, 0.6) is 0 Å². The van der Waals surface area contributed by atoms with Gasteiger partial charge in [-0.25, -0.2) is 4.98 Å². The van der Waals surface area contributed by atoms with Crippen molar-refractivity contribution in [2.75, 3.05) is 7.11 Å². The van der Waals surface area contributed by atoms with Gasteiger partial charge in [0.05, 0.1) is 17.4 Å². The molecule has 0 aliphatic heterocycles. The summed E-state index contributed by atoms with van der Waals surface area (Å²) in [5.74, 6) is 0.373. The van der Waals surface area contributed by atoms with Crippen molar-refractivity contribution in [3.8, 4) is 0 Å². The molecule has 0 saturated heterocycles. The zero-order valence-corrected chi connectivity index (χ0v) is 12.0. The predicted molar refractivity (Wildman–Crippen MR) is 80.1 cm³/mol. The van der Waals surface area contributed by atoms with Crippen LogP contribution in [0.1, 0.15) is 31.7 Å². The molecule has 2 aromatic rings. The van der Waals surface area contributed by atoms with Gasteiger partial charge in [0.15, 0.2) is 0 Å². The lowest BCUT2D eigenvalue weighted by molar-refractivity contribution is -0.0421. The Morgan fingerprint density at radius 1 is 1.50 bits per heavy atom. The molecule has 106 valence electrons. The van der Waals surface area contributed by atoms with Crippen LogP contribution in [0.25, 0.3) is 11.0 Å². The van der Waals surface area contributed by atoms with Crippen molar-refractivity contribution >= 4 is 11.0 Å². The Balaban J connectivity index is 2.28. The molecular formula is C16H21N3O. The van der Waals surface area contributed by atoms with Crippen LogP contribution in [0.3, 0.4) is 0 Å². The van der Waals surface area contributed by atoms with E-state index in [0.29, 0.717) is 5.92 Å². The summed E-state index contributed by atoms with van der Waals surface area (Å²) in [7, 11) is 1.77. The summed E-state index contributed by atoms with van der Waals surface area (Å²) < 4.78 is 6.06. The number of aromatic nitrogens is 2. The maximum Gasteiger partial charge on any atom is 0.120 e. The Morgan fingerprint density at radius 3 is 3.10 bits per heavy atom. The van der Waals surface area contributed by atoms with Crippen molar-refractivity contribution in [3.05, 3.63) is 41.9 Å². The molecule has 0 spiro atoms. The Hall–Kier alpha value is -1.81. The number of benzene rings is 1. The first kappa shape index (κ1) is 13.2. The Kier molecular flexibility index (Phi) is 3.26. The van der Waals surface area contributed by atoms with E-state index in [0.717, 1.165) is 41.4 Å². The van der Waals surface area contributed by atoms with Crippen molar-refractivity contribution in [2.45, 2.75) is 31.8 Å². The van der Waals surface area contributed by atoms with Crippen LogP contribution in [0.2, 0.25) is 0 Å². The summed E-state index contributed by atoms with van der Waals surface area (Å²) in [5.41, 5.74) is 9.73. The highest BCUT2D eigenvalue weighted by molar-refractivity contribution is 5.80. The molecule has 1 aromatic heterocycles. The monoisotopic (exact) mass is 271 g/mol. The van der Waals surface area contributed by atoms with Crippen LogP contribution in [0, 0.1) is 5.92 Å². The standard InChI is InChI=1S/C16H21N3O/c1-11-5-3-6-12(9-17)16(11,20-2)13-7-4-8-14-15(13)19-10-18-14/h4,7-11H,3,5-6,17H2,1-2H3,(H,18,19)/b12-9+. The summed E-state index contributed by atoms with van der Waals surface area (Å²) >= 11 is 0. The zero-order chi connectivity index (χ0) is 14.2. The average Bonchev–Trinajstić information content (AvgIpc) is 2.95. The molecule has 2 unspecified atom stereocenters. The van der Waals surface area contributed by atoms with E-state index in [1.807, 2.05) is 12.1 Å². The van der Waals surface area contributed by atoms with Crippen LogP contribution < -0.4 is 5.73 Å². The number of nitrogens with one attached hydrogen (secondary N) is 1. The maximum absolute atomic E-state index is 6.06. The first-order valence-corrected chi connectivity index (χ1v) is 7.13. The lowest BCUT2D eigenvalue weighted by Crippen LogP contribution is -2.41. The molecule has 1 fully saturated rings. The lowest BCUT2D eigenvalue weighted by Gasteiger charge is -2.44. The summed E-state index contributed by atoms with van der Waals surface area (Å²) in [6.45, 7) is 2.23. The van der Waals surface area contributed by atoms with Gasteiger partial charge < -0.3 is 15.5 Å². The van der Waals surface area contributed by atoms with Crippen LogP contribution in [-0.2, 0) is 10.3 Å². The number of nitrogens with zero attached hydrogens (tertiary/aromatic N) is 1. The van der Waals surface area contributed by atoms with E-state index in [4.69, 9.17) is 10.5 Å². The number of imidazole rings is 1. The van der Waals surface area contributed by atoms with Gasteiger partial charge in [-0.15, -0.1) is 0 Å². The molecular weight excluding hydrogens is 250 g/mol. The topological polar surface area (TPSA) is 63.9 Å². The molecule has 0 amide bonds. The summed E-state index contributed by atoms with van der Waals surface area (Å²) in [5, 5.41) is 0. The number of rotatable bonds is 2. The molecule has 4 nitrogen and oxygen atoms in total. The van der Waals surface area contributed by atoms with E-state index in [1.54, 1.807) is 19.6 Å². The summed E-state index contributed by atoms with van der Waals surface area (Å²) in [4.78, 5) is 7.66. The van der Waals surface area contributed by atoms with Gasteiger partial charge in [-0.2, -0.15) is 0 Å². The van der Waals surface area contributed by atoms with Gasteiger partial charge in [-0.05, 0) is 43.0 Å². The van der Waals surface area contributed by atoms with E-state index in [9.17, 15) is 0 Å². The number of hydrogen-bond acceptors (Lipinski definition) is 3. The van der Waals surface area contributed by atoms with E-state index >= 15 is 0 Å². The van der Waals surface area contributed by atoms with Crippen LogP contribution in [0.4, 0.5) is 0 Å². The molecule has 0 bridgehead atoms. The molecule has 1 heterocycles. The van der Waals surface area contributed by atoms with Crippen molar-refractivity contribution in [1.29, 1.82) is 0 Å². The molecule has 3 rings (SSSR count). The fraction of sp³-hybridized carbons (Fsp3) is 0.438. The Bertz CT molecular complexity index is 646. The SMILES string of the molecule is COC1(c2cccc3[nH]cnc23)/C(=C/N)CCCC1C. The second-order valence-electron chi connectivity index (χ2n) is 5.53. The van der Waals surface area contributed by atoms with Gasteiger partial charge in [0.1, 0.15) is 5.60 Å². The number of nitrogens with two attached hydrogens (primary N) is 1. The van der Waals surface area contributed by atoms with Gasteiger partial charge in [-0.1, -0.05) is 19.1 Å². The fourth-order valence-electron chi connectivity index (χ4n) is 3.66. The van der Waals surface area contributed by atoms with Gasteiger partial charge in [0.2, 0.25) is 0 Å². The number of para-hydroxylation sites is 1. The second kappa shape index (κ2) is 4.94. The van der Waals surface area contributed by atoms with Gasteiger partial charge >= 0.3 is 0 Å². The number of H-pyrrole nitrogens is 1. The maximum atomic E-state index is 6.06. The van der Waals surface area contributed by atoms with Gasteiger partial charge in [-0.3, -0.25) is 0 Å². The number of methoxy groups -OCH3 is 1. The van der Waals surface area contributed by atoms with Crippen LogP contribution in [0.15, 0.2) is 36.3 Å². The quantitative estimate of drug-likeness (QED) is 0.882. The molecule has 1 aromatic carbocycles. The lowest BCUT2D eigenvalue weighted by atomic mass is 9.69.